The van der Waals surface area contributed by atoms with Gasteiger partial charge in [0.1, 0.15) is 17.5 Å². The van der Waals surface area contributed by atoms with Gasteiger partial charge < -0.3 is 4.98 Å². The van der Waals surface area contributed by atoms with Crippen LogP contribution in [0, 0.1) is 17.1 Å². The average molecular weight is 540 g/mol. The fourth-order valence-electron chi connectivity index (χ4n) is 5.75. The third-order valence-corrected chi connectivity index (χ3v) is 7.80. The Bertz CT molecular complexity index is 1520. The van der Waals surface area contributed by atoms with Crippen molar-refractivity contribution in [2.24, 2.45) is 0 Å². The Morgan fingerprint density at radius 2 is 1.92 bits per heavy atom. The Kier molecular flexibility index (Phi) is 6.31. The molecule has 0 aromatic carbocycles. The number of alkyl halides is 3. The lowest BCUT2D eigenvalue weighted by molar-refractivity contribution is -0.143. The number of hydrogen-bond acceptors (Lipinski definition) is 7. The number of piperidine rings is 1. The number of H-pyrrole nitrogens is 1. The number of aromatic amines is 1. The first-order valence-electron chi connectivity index (χ1n) is 12.6. The number of halogens is 4. The van der Waals surface area contributed by atoms with Crippen molar-refractivity contribution in [3.05, 3.63) is 60.3 Å². The summed E-state index contributed by atoms with van der Waals surface area (Å²) in [5.41, 5.74) is 0.460. The van der Waals surface area contributed by atoms with Crippen molar-refractivity contribution in [2.75, 3.05) is 26.2 Å². The van der Waals surface area contributed by atoms with Gasteiger partial charge in [-0.2, -0.15) is 23.5 Å². The number of nitriles is 1. The molecule has 0 unspecified atom stereocenters. The van der Waals surface area contributed by atoms with Gasteiger partial charge in [0.25, 0.3) is 0 Å². The molecule has 2 aliphatic rings. The Morgan fingerprint density at radius 1 is 1.13 bits per heavy atom. The SMILES string of the molecule is N#CCC1(n2cc(-c3ncnc4[nH]ccc34)cn2)CN(C2CCN(Cc3ccnc(C(F)(F)F)c3F)CC2)C1. The lowest BCUT2D eigenvalue weighted by atomic mass is 9.83. The second kappa shape index (κ2) is 9.69. The van der Waals surface area contributed by atoms with Crippen molar-refractivity contribution in [3.63, 3.8) is 0 Å². The molecule has 1 N–H and O–H groups in total. The van der Waals surface area contributed by atoms with Crippen LogP contribution in [-0.2, 0) is 18.3 Å². The van der Waals surface area contributed by atoms with E-state index in [1.165, 1.54) is 12.4 Å². The largest absolute Gasteiger partial charge is 0.436 e. The number of pyridine rings is 1. The Balaban J connectivity index is 1.10. The van der Waals surface area contributed by atoms with Crippen LogP contribution in [0.25, 0.3) is 22.3 Å². The molecule has 0 amide bonds. The van der Waals surface area contributed by atoms with Crippen LogP contribution in [0.15, 0.2) is 43.2 Å². The second-order valence-electron chi connectivity index (χ2n) is 10.2. The van der Waals surface area contributed by atoms with Crippen LogP contribution in [0.5, 0.6) is 0 Å². The minimum Gasteiger partial charge on any atom is -0.346 e. The molecule has 2 saturated heterocycles. The van der Waals surface area contributed by atoms with E-state index in [1.54, 1.807) is 6.20 Å². The van der Waals surface area contributed by atoms with E-state index in [0.717, 1.165) is 41.3 Å². The van der Waals surface area contributed by atoms with Gasteiger partial charge in [0.2, 0.25) is 0 Å². The Labute approximate surface area is 221 Å². The third-order valence-electron chi connectivity index (χ3n) is 7.80. The summed E-state index contributed by atoms with van der Waals surface area (Å²) >= 11 is 0. The first-order valence-corrected chi connectivity index (χ1v) is 12.6. The zero-order valence-electron chi connectivity index (χ0n) is 20.9. The number of likely N-dealkylation sites (tertiary alicyclic amines) is 2. The molecule has 13 heteroatoms. The first kappa shape index (κ1) is 25.4. The number of aromatic nitrogens is 6. The molecule has 0 saturated carbocycles. The predicted octanol–water partition coefficient (Wildman–Crippen LogP) is 3.96. The molecule has 0 bridgehead atoms. The van der Waals surface area contributed by atoms with Gasteiger partial charge in [-0.15, -0.1) is 0 Å². The molecule has 4 aromatic heterocycles. The molecule has 2 aliphatic heterocycles. The van der Waals surface area contributed by atoms with Crippen LogP contribution in [0.2, 0.25) is 0 Å². The van der Waals surface area contributed by atoms with Crippen molar-refractivity contribution >= 4 is 11.0 Å². The maximum absolute atomic E-state index is 14.4. The minimum absolute atomic E-state index is 0.00264. The van der Waals surface area contributed by atoms with Crippen LogP contribution < -0.4 is 0 Å². The summed E-state index contributed by atoms with van der Waals surface area (Å²) in [5.74, 6) is -1.30. The molecule has 0 aliphatic carbocycles. The normalized spacial score (nSPS) is 18.7. The average Bonchev–Trinajstić information content (AvgIpc) is 3.57. The summed E-state index contributed by atoms with van der Waals surface area (Å²) in [5, 5.41) is 15.1. The zero-order chi connectivity index (χ0) is 27.2. The molecule has 9 nitrogen and oxygen atoms in total. The maximum Gasteiger partial charge on any atom is 0.436 e. The van der Waals surface area contributed by atoms with Crippen molar-refractivity contribution < 1.29 is 17.6 Å². The van der Waals surface area contributed by atoms with Crippen LogP contribution in [0.3, 0.4) is 0 Å². The molecule has 202 valence electrons. The van der Waals surface area contributed by atoms with Gasteiger partial charge in [-0.3, -0.25) is 14.5 Å². The highest BCUT2D eigenvalue weighted by atomic mass is 19.4. The summed E-state index contributed by atoms with van der Waals surface area (Å²) in [6.45, 7) is 2.73. The summed E-state index contributed by atoms with van der Waals surface area (Å²) < 4.78 is 55.3. The number of nitrogens with one attached hydrogen (secondary N) is 1. The molecule has 0 radical (unpaired) electrons. The quantitative estimate of drug-likeness (QED) is 0.370. The number of rotatable bonds is 6. The molecule has 6 rings (SSSR count). The molecular weight excluding hydrogens is 514 g/mol. The maximum atomic E-state index is 14.4. The smallest absolute Gasteiger partial charge is 0.346 e. The molecule has 0 atom stereocenters. The number of nitrogens with zero attached hydrogens (tertiary/aromatic N) is 8. The Hall–Kier alpha value is -3.89. The topological polar surface area (TPSA) is 103 Å². The van der Waals surface area contributed by atoms with E-state index in [2.05, 4.69) is 36.0 Å². The number of hydrogen-bond donors (Lipinski definition) is 1. The second-order valence-corrected chi connectivity index (χ2v) is 10.2. The first-order chi connectivity index (χ1) is 18.8. The van der Waals surface area contributed by atoms with Crippen molar-refractivity contribution in [1.29, 1.82) is 5.26 Å². The van der Waals surface area contributed by atoms with E-state index < -0.39 is 23.2 Å². The van der Waals surface area contributed by atoms with Crippen molar-refractivity contribution in [3.8, 4) is 17.3 Å². The van der Waals surface area contributed by atoms with E-state index in [9.17, 15) is 22.8 Å². The minimum atomic E-state index is -4.82. The van der Waals surface area contributed by atoms with Gasteiger partial charge in [-0.05, 0) is 38.1 Å². The summed E-state index contributed by atoms with van der Waals surface area (Å²) in [6.07, 6.45) is 5.13. The predicted molar refractivity (Wildman–Crippen MR) is 132 cm³/mol. The van der Waals surface area contributed by atoms with E-state index >= 15 is 0 Å². The fraction of sp³-hybridized carbons (Fsp3) is 0.423. The summed E-state index contributed by atoms with van der Waals surface area (Å²) in [7, 11) is 0. The van der Waals surface area contributed by atoms with E-state index in [4.69, 9.17) is 0 Å². The van der Waals surface area contributed by atoms with Gasteiger partial charge in [-0.25, -0.2) is 19.3 Å². The number of fused-ring (bicyclic) bond motifs is 1. The van der Waals surface area contributed by atoms with Gasteiger partial charge in [0.05, 0.1) is 24.4 Å². The fourth-order valence-corrected chi connectivity index (χ4v) is 5.75. The van der Waals surface area contributed by atoms with Gasteiger partial charge in [-0.1, -0.05) is 0 Å². The third kappa shape index (κ3) is 4.63. The molecule has 0 spiro atoms. The highest BCUT2D eigenvalue weighted by molar-refractivity contribution is 5.89. The van der Waals surface area contributed by atoms with E-state index in [-0.39, 0.29) is 18.2 Å². The molecule has 6 heterocycles. The lowest BCUT2D eigenvalue weighted by Gasteiger charge is -2.53. The van der Waals surface area contributed by atoms with Crippen molar-refractivity contribution in [2.45, 2.75) is 43.6 Å². The zero-order valence-corrected chi connectivity index (χ0v) is 20.9. The van der Waals surface area contributed by atoms with Gasteiger partial charge >= 0.3 is 6.18 Å². The highest BCUT2D eigenvalue weighted by Gasteiger charge is 2.48. The summed E-state index contributed by atoms with van der Waals surface area (Å²) in [6, 6.07) is 5.82. The Morgan fingerprint density at radius 3 is 2.67 bits per heavy atom. The molecular formula is C26H25F4N9. The lowest BCUT2D eigenvalue weighted by Crippen LogP contribution is -2.66. The molecule has 39 heavy (non-hydrogen) atoms. The van der Waals surface area contributed by atoms with Crippen LogP contribution >= 0.6 is 0 Å². The molecule has 4 aromatic rings. The standard InChI is InChI=1S/C26H25F4N9/c27-21-17(1-7-32-23(21)26(28,29)30)12-37-9-3-19(4-10-37)38-14-25(15-38,5-6-31)39-13-18(11-36-39)22-20-2-8-33-24(20)35-16-34-22/h1-2,7-8,11,13,16,19H,3-5,9-10,12,14-15H2,(H,33,34,35). The summed E-state index contributed by atoms with van der Waals surface area (Å²) in [4.78, 5) is 19.2. The molecule has 2 fully saturated rings. The van der Waals surface area contributed by atoms with Crippen LogP contribution in [0.4, 0.5) is 17.6 Å². The van der Waals surface area contributed by atoms with Crippen LogP contribution in [0.1, 0.15) is 30.5 Å². The van der Waals surface area contributed by atoms with Gasteiger partial charge in [0, 0.05) is 60.8 Å². The van der Waals surface area contributed by atoms with E-state index in [0.29, 0.717) is 32.6 Å². The van der Waals surface area contributed by atoms with Gasteiger partial charge in [0.15, 0.2) is 11.5 Å². The monoisotopic (exact) mass is 539 g/mol. The van der Waals surface area contributed by atoms with E-state index in [1.807, 2.05) is 28.0 Å². The van der Waals surface area contributed by atoms with Crippen LogP contribution in [-0.4, -0.2) is 71.7 Å². The highest BCUT2D eigenvalue weighted by Crippen LogP contribution is 2.37. The van der Waals surface area contributed by atoms with Crippen molar-refractivity contribution in [1.82, 2.24) is 39.5 Å².